The number of alkyl halides is 3. The van der Waals surface area contributed by atoms with Crippen LogP contribution in [0.4, 0.5) is 30.2 Å². The van der Waals surface area contributed by atoms with E-state index in [1.165, 1.54) is 6.07 Å². The van der Waals surface area contributed by atoms with Gasteiger partial charge in [0.15, 0.2) is 0 Å². The molecule has 0 fully saturated rings. The number of hydrogen-bond donors (Lipinski definition) is 0. The third kappa shape index (κ3) is 2.38. The molecule has 0 bridgehead atoms. The van der Waals surface area contributed by atoms with Crippen molar-refractivity contribution in [1.29, 1.82) is 0 Å². The maximum Gasteiger partial charge on any atom is 0.416 e. The minimum absolute atomic E-state index is 0.361. The van der Waals surface area contributed by atoms with Crippen LogP contribution < -0.4 is 4.90 Å². The Morgan fingerprint density at radius 3 is 2.38 bits per heavy atom. The molecule has 1 heterocycles. The highest BCUT2D eigenvalue weighted by Crippen LogP contribution is 2.43. The zero-order chi connectivity index (χ0) is 16.9. The first kappa shape index (κ1) is 15.2. The Bertz CT molecular complexity index is 974. The topological polar surface area (TPSA) is 15.6 Å². The fourth-order valence-corrected chi connectivity index (χ4v) is 3.43. The largest absolute Gasteiger partial charge is 0.416 e. The minimum atomic E-state index is -4.37. The quantitative estimate of drug-likeness (QED) is 0.467. The Morgan fingerprint density at radius 1 is 0.917 bits per heavy atom. The van der Waals surface area contributed by atoms with E-state index in [4.69, 9.17) is 0 Å². The highest BCUT2D eigenvalue weighted by Gasteiger charge is 2.31. The van der Waals surface area contributed by atoms with Crippen LogP contribution in [0.3, 0.4) is 0 Å². The standard InChI is InChI=1S/C18H10BrF3N2/c19-13-9-12(18(20,21)22)7-8-15(13)24-10-23-14-5-1-3-11-4-2-6-16(24)17(11)14/h1-10H. The van der Waals surface area contributed by atoms with Crippen molar-refractivity contribution in [2.24, 2.45) is 4.99 Å². The molecule has 0 radical (unpaired) electrons. The molecule has 0 aromatic heterocycles. The minimum Gasteiger partial charge on any atom is -0.299 e. The Hall–Kier alpha value is -2.34. The Morgan fingerprint density at radius 2 is 1.67 bits per heavy atom. The van der Waals surface area contributed by atoms with Gasteiger partial charge in [-0.05, 0) is 51.6 Å². The zero-order valence-corrected chi connectivity index (χ0v) is 13.8. The number of aliphatic imine (C=N–C) groups is 1. The number of benzene rings is 3. The Kier molecular flexibility index (Phi) is 3.38. The fraction of sp³-hybridized carbons (Fsp3) is 0.0556. The summed E-state index contributed by atoms with van der Waals surface area (Å²) in [5.74, 6) is 0. The summed E-state index contributed by atoms with van der Waals surface area (Å²) >= 11 is 3.26. The van der Waals surface area contributed by atoms with Crippen molar-refractivity contribution in [3.63, 3.8) is 0 Å². The van der Waals surface area contributed by atoms with E-state index >= 15 is 0 Å². The SMILES string of the molecule is FC(F)(F)c1ccc(N2C=Nc3cccc4cccc2c34)c(Br)c1. The lowest BCUT2D eigenvalue weighted by Gasteiger charge is -2.26. The molecule has 0 atom stereocenters. The van der Waals surface area contributed by atoms with E-state index in [0.717, 1.165) is 34.3 Å². The van der Waals surface area contributed by atoms with E-state index in [2.05, 4.69) is 20.9 Å². The van der Waals surface area contributed by atoms with E-state index in [1.807, 2.05) is 36.4 Å². The molecular weight excluding hydrogens is 381 g/mol. The van der Waals surface area contributed by atoms with Crippen molar-refractivity contribution < 1.29 is 13.2 Å². The van der Waals surface area contributed by atoms with E-state index < -0.39 is 11.7 Å². The fourth-order valence-electron chi connectivity index (χ4n) is 2.86. The van der Waals surface area contributed by atoms with Gasteiger partial charge in [0.05, 0.1) is 22.6 Å². The van der Waals surface area contributed by atoms with Gasteiger partial charge >= 0.3 is 6.18 Å². The summed E-state index contributed by atoms with van der Waals surface area (Å²) in [4.78, 5) is 6.23. The third-order valence-corrected chi connectivity index (χ3v) is 4.60. The van der Waals surface area contributed by atoms with Gasteiger partial charge in [-0.25, -0.2) is 4.99 Å². The Labute approximate surface area is 144 Å². The van der Waals surface area contributed by atoms with Gasteiger partial charge in [0.1, 0.15) is 6.34 Å². The molecule has 0 N–H and O–H groups in total. The smallest absolute Gasteiger partial charge is 0.299 e. The second-order valence-corrected chi connectivity index (χ2v) is 6.29. The van der Waals surface area contributed by atoms with Gasteiger partial charge in [-0.3, -0.25) is 4.90 Å². The molecular formula is C18H10BrF3N2. The number of halogens is 4. The summed E-state index contributed by atoms with van der Waals surface area (Å²) in [7, 11) is 0. The summed E-state index contributed by atoms with van der Waals surface area (Å²) in [6.07, 6.45) is -2.74. The lowest BCUT2D eigenvalue weighted by atomic mass is 10.0. The van der Waals surface area contributed by atoms with Crippen LogP contribution in [0.2, 0.25) is 0 Å². The van der Waals surface area contributed by atoms with Crippen LogP contribution in [-0.4, -0.2) is 6.34 Å². The van der Waals surface area contributed by atoms with Crippen molar-refractivity contribution in [2.45, 2.75) is 6.18 Å². The van der Waals surface area contributed by atoms with Crippen LogP contribution in [0.1, 0.15) is 5.56 Å². The molecule has 0 spiro atoms. The lowest BCUT2D eigenvalue weighted by molar-refractivity contribution is -0.137. The predicted molar refractivity (Wildman–Crippen MR) is 93.4 cm³/mol. The van der Waals surface area contributed by atoms with Gasteiger partial charge in [-0.1, -0.05) is 24.3 Å². The first-order valence-corrected chi connectivity index (χ1v) is 7.96. The van der Waals surface area contributed by atoms with E-state index in [-0.39, 0.29) is 0 Å². The van der Waals surface area contributed by atoms with Crippen molar-refractivity contribution in [3.8, 4) is 0 Å². The van der Waals surface area contributed by atoms with Crippen LogP contribution in [-0.2, 0) is 6.18 Å². The summed E-state index contributed by atoms with van der Waals surface area (Å²) in [5, 5.41) is 2.02. The first-order chi connectivity index (χ1) is 11.4. The molecule has 120 valence electrons. The first-order valence-electron chi connectivity index (χ1n) is 7.17. The molecule has 6 heteroatoms. The van der Waals surface area contributed by atoms with Crippen LogP contribution >= 0.6 is 15.9 Å². The third-order valence-electron chi connectivity index (χ3n) is 3.97. The summed E-state index contributed by atoms with van der Waals surface area (Å²) in [5.41, 5.74) is 1.65. The van der Waals surface area contributed by atoms with Gasteiger partial charge in [0.25, 0.3) is 0 Å². The second kappa shape index (κ2) is 5.34. The molecule has 3 aromatic rings. The monoisotopic (exact) mass is 390 g/mol. The maximum atomic E-state index is 12.9. The average molecular weight is 391 g/mol. The van der Waals surface area contributed by atoms with Crippen LogP contribution in [0.25, 0.3) is 10.8 Å². The number of rotatable bonds is 1. The van der Waals surface area contributed by atoms with Crippen LogP contribution in [0.5, 0.6) is 0 Å². The van der Waals surface area contributed by atoms with E-state index in [9.17, 15) is 13.2 Å². The van der Waals surface area contributed by atoms with E-state index in [1.54, 1.807) is 11.2 Å². The molecule has 2 nitrogen and oxygen atoms in total. The van der Waals surface area contributed by atoms with Gasteiger partial charge in [-0.15, -0.1) is 0 Å². The molecule has 24 heavy (non-hydrogen) atoms. The van der Waals surface area contributed by atoms with Crippen molar-refractivity contribution in [3.05, 3.63) is 64.6 Å². The maximum absolute atomic E-state index is 12.9. The molecule has 4 rings (SSSR count). The number of anilines is 2. The molecule has 0 unspecified atom stereocenters. The molecule has 0 amide bonds. The van der Waals surface area contributed by atoms with Crippen LogP contribution in [0, 0.1) is 0 Å². The zero-order valence-electron chi connectivity index (χ0n) is 12.2. The van der Waals surface area contributed by atoms with Gasteiger partial charge in [0, 0.05) is 9.86 Å². The lowest BCUT2D eigenvalue weighted by Crippen LogP contribution is -2.18. The highest BCUT2D eigenvalue weighted by molar-refractivity contribution is 9.10. The molecule has 1 aliphatic heterocycles. The van der Waals surface area contributed by atoms with Gasteiger partial charge < -0.3 is 0 Å². The second-order valence-electron chi connectivity index (χ2n) is 5.43. The summed E-state index contributed by atoms with van der Waals surface area (Å²) in [6, 6.07) is 15.3. The van der Waals surface area contributed by atoms with E-state index in [0.29, 0.717) is 10.2 Å². The van der Waals surface area contributed by atoms with Crippen molar-refractivity contribution in [2.75, 3.05) is 4.90 Å². The van der Waals surface area contributed by atoms with Gasteiger partial charge in [-0.2, -0.15) is 13.2 Å². The summed E-state index contributed by atoms with van der Waals surface area (Å²) in [6.45, 7) is 0. The van der Waals surface area contributed by atoms with Crippen LogP contribution in [0.15, 0.2) is 64.1 Å². The highest BCUT2D eigenvalue weighted by atomic mass is 79.9. The molecule has 1 aliphatic rings. The molecule has 0 saturated carbocycles. The normalized spacial score (nSPS) is 13.6. The van der Waals surface area contributed by atoms with Crippen molar-refractivity contribution in [1.82, 2.24) is 0 Å². The molecule has 0 saturated heterocycles. The number of nitrogens with zero attached hydrogens (tertiary/aromatic N) is 2. The average Bonchev–Trinajstić information content (AvgIpc) is 2.55. The van der Waals surface area contributed by atoms with Gasteiger partial charge in [0.2, 0.25) is 0 Å². The summed E-state index contributed by atoms with van der Waals surface area (Å²) < 4.78 is 38.9. The molecule has 3 aromatic carbocycles. The predicted octanol–water partition coefficient (Wildman–Crippen LogP) is 6.43. The number of hydrogen-bond acceptors (Lipinski definition) is 2. The Balaban J connectivity index is 1.88. The van der Waals surface area contributed by atoms with Crippen molar-refractivity contribution >= 4 is 50.1 Å². The molecule has 0 aliphatic carbocycles.